The number of likely N-dealkylation sites (tertiary alicyclic amines) is 1. The zero-order chi connectivity index (χ0) is 14.6. The van der Waals surface area contributed by atoms with E-state index in [9.17, 15) is 5.11 Å². The maximum absolute atomic E-state index is 9.62. The Kier molecular flexibility index (Phi) is 5.49. The molecule has 1 aliphatic carbocycles. The predicted molar refractivity (Wildman–Crippen MR) is 85.0 cm³/mol. The van der Waals surface area contributed by atoms with Crippen LogP contribution in [0.2, 0.25) is 0 Å². The van der Waals surface area contributed by atoms with Crippen molar-refractivity contribution < 1.29 is 5.11 Å². The number of nitrogens with zero attached hydrogens (tertiary/aromatic N) is 1. The normalized spacial score (nSPS) is 27.9. The Morgan fingerprint density at radius 1 is 1.15 bits per heavy atom. The first-order valence-electron chi connectivity index (χ1n) is 8.54. The van der Waals surface area contributed by atoms with Gasteiger partial charge in [0.05, 0.1) is 6.61 Å². The van der Waals surface area contributed by atoms with Crippen LogP contribution in [-0.4, -0.2) is 47.8 Å². The van der Waals surface area contributed by atoms with Gasteiger partial charge in [-0.05, 0) is 58.4 Å². The zero-order valence-electron chi connectivity index (χ0n) is 13.7. The van der Waals surface area contributed by atoms with Gasteiger partial charge in [-0.1, -0.05) is 19.3 Å². The van der Waals surface area contributed by atoms with Crippen LogP contribution >= 0.6 is 0 Å². The van der Waals surface area contributed by atoms with Crippen molar-refractivity contribution in [1.82, 2.24) is 10.2 Å². The van der Waals surface area contributed by atoms with Gasteiger partial charge in [-0.15, -0.1) is 0 Å². The molecule has 3 nitrogen and oxygen atoms in total. The Morgan fingerprint density at radius 3 is 2.45 bits per heavy atom. The molecule has 2 fully saturated rings. The van der Waals surface area contributed by atoms with Gasteiger partial charge >= 0.3 is 0 Å². The number of rotatable bonds is 5. The molecule has 1 atom stereocenters. The van der Waals surface area contributed by atoms with Gasteiger partial charge in [0.15, 0.2) is 0 Å². The second-order valence-electron chi connectivity index (χ2n) is 8.11. The average Bonchev–Trinajstić information content (AvgIpc) is 2.86. The second kappa shape index (κ2) is 6.76. The lowest BCUT2D eigenvalue weighted by atomic mass is 9.83. The van der Waals surface area contributed by atoms with Gasteiger partial charge in [-0.2, -0.15) is 0 Å². The highest BCUT2D eigenvalue weighted by Crippen LogP contribution is 2.39. The fraction of sp³-hybridized carbons (Fsp3) is 1.00. The minimum Gasteiger partial charge on any atom is -0.395 e. The molecule has 0 aromatic rings. The second-order valence-corrected chi connectivity index (χ2v) is 8.11. The summed E-state index contributed by atoms with van der Waals surface area (Å²) in [5, 5.41) is 13.4. The minimum atomic E-state index is 0.202. The Labute approximate surface area is 125 Å². The molecule has 1 aliphatic heterocycles. The lowest BCUT2D eigenvalue weighted by Gasteiger charge is -2.42. The third kappa shape index (κ3) is 4.44. The molecule has 0 spiro atoms. The highest BCUT2D eigenvalue weighted by molar-refractivity contribution is 4.93. The number of nitrogens with one attached hydrogen (secondary N) is 1. The summed E-state index contributed by atoms with van der Waals surface area (Å²) in [7, 11) is 0. The van der Waals surface area contributed by atoms with Crippen LogP contribution in [-0.2, 0) is 0 Å². The molecule has 3 heteroatoms. The first-order valence-corrected chi connectivity index (χ1v) is 8.54. The Balaban J connectivity index is 1.97. The van der Waals surface area contributed by atoms with Crippen molar-refractivity contribution in [3.8, 4) is 0 Å². The third-order valence-electron chi connectivity index (χ3n) is 5.16. The topological polar surface area (TPSA) is 35.5 Å². The number of aliphatic hydroxyl groups excluding tert-OH is 1. The van der Waals surface area contributed by atoms with Gasteiger partial charge in [0.2, 0.25) is 0 Å². The van der Waals surface area contributed by atoms with Crippen LogP contribution < -0.4 is 5.32 Å². The number of piperidine rings is 1. The van der Waals surface area contributed by atoms with Crippen molar-refractivity contribution in [3.63, 3.8) is 0 Å². The first-order chi connectivity index (χ1) is 9.44. The van der Waals surface area contributed by atoms with Gasteiger partial charge in [0.1, 0.15) is 0 Å². The molecule has 1 unspecified atom stereocenters. The zero-order valence-corrected chi connectivity index (χ0v) is 13.7. The summed E-state index contributed by atoms with van der Waals surface area (Å²) in [6, 6.07) is 0.413. The first kappa shape index (κ1) is 16.3. The van der Waals surface area contributed by atoms with E-state index in [-0.39, 0.29) is 5.54 Å². The third-order valence-corrected chi connectivity index (χ3v) is 5.16. The van der Waals surface area contributed by atoms with E-state index in [4.69, 9.17) is 0 Å². The lowest BCUT2D eigenvalue weighted by molar-refractivity contribution is 0.0463. The molecule has 2 rings (SSSR count). The van der Waals surface area contributed by atoms with E-state index in [1.807, 2.05) is 0 Å². The summed E-state index contributed by atoms with van der Waals surface area (Å²) >= 11 is 0. The molecular weight excluding hydrogens is 248 g/mol. The van der Waals surface area contributed by atoms with Gasteiger partial charge in [-0.25, -0.2) is 0 Å². The molecule has 1 saturated carbocycles. The molecule has 1 saturated heterocycles. The summed E-state index contributed by atoms with van der Waals surface area (Å²) < 4.78 is 0. The van der Waals surface area contributed by atoms with Gasteiger partial charge in [0.25, 0.3) is 0 Å². The maximum atomic E-state index is 9.62. The van der Waals surface area contributed by atoms with E-state index in [0.717, 1.165) is 6.54 Å². The molecule has 118 valence electrons. The van der Waals surface area contributed by atoms with Crippen molar-refractivity contribution in [2.45, 2.75) is 77.3 Å². The molecule has 0 bridgehead atoms. The summed E-state index contributed by atoms with van der Waals surface area (Å²) in [5.41, 5.74) is 0.645. The lowest BCUT2D eigenvalue weighted by Crippen LogP contribution is -2.51. The minimum absolute atomic E-state index is 0.202. The molecule has 0 aromatic carbocycles. The van der Waals surface area contributed by atoms with Crippen LogP contribution in [0, 0.1) is 5.41 Å². The van der Waals surface area contributed by atoms with E-state index >= 15 is 0 Å². The van der Waals surface area contributed by atoms with Crippen molar-refractivity contribution in [3.05, 3.63) is 0 Å². The summed E-state index contributed by atoms with van der Waals surface area (Å²) in [6.45, 7) is 10.6. The van der Waals surface area contributed by atoms with E-state index in [1.54, 1.807) is 0 Å². The molecular formula is C17H34N2O. The van der Waals surface area contributed by atoms with E-state index in [0.29, 0.717) is 18.1 Å². The predicted octanol–water partition coefficient (Wildman–Crippen LogP) is 2.78. The SMILES string of the molecule is CC(C)(C)NCC1(CN2CCCCC2CO)CCCC1. The van der Waals surface area contributed by atoms with Gasteiger partial charge < -0.3 is 10.4 Å². The molecule has 2 N–H and O–H groups in total. The summed E-state index contributed by atoms with van der Waals surface area (Å²) in [4.78, 5) is 2.58. The van der Waals surface area contributed by atoms with E-state index in [1.165, 1.54) is 58.0 Å². The average molecular weight is 282 g/mol. The molecule has 20 heavy (non-hydrogen) atoms. The van der Waals surface area contributed by atoms with Crippen LogP contribution in [0.4, 0.5) is 0 Å². The highest BCUT2D eigenvalue weighted by atomic mass is 16.3. The Morgan fingerprint density at radius 2 is 1.85 bits per heavy atom. The number of hydrogen-bond acceptors (Lipinski definition) is 3. The van der Waals surface area contributed by atoms with E-state index < -0.39 is 0 Å². The monoisotopic (exact) mass is 282 g/mol. The maximum Gasteiger partial charge on any atom is 0.0586 e. The largest absolute Gasteiger partial charge is 0.395 e. The number of hydrogen-bond donors (Lipinski definition) is 2. The van der Waals surface area contributed by atoms with Gasteiger partial charge in [-0.3, -0.25) is 4.90 Å². The molecule has 0 amide bonds. The summed E-state index contributed by atoms with van der Waals surface area (Å²) in [5.74, 6) is 0. The van der Waals surface area contributed by atoms with Crippen molar-refractivity contribution in [1.29, 1.82) is 0 Å². The molecule has 2 aliphatic rings. The van der Waals surface area contributed by atoms with Crippen LogP contribution in [0.15, 0.2) is 0 Å². The van der Waals surface area contributed by atoms with Crippen molar-refractivity contribution in [2.75, 3.05) is 26.2 Å². The molecule has 0 aromatic heterocycles. The highest BCUT2D eigenvalue weighted by Gasteiger charge is 2.38. The van der Waals surface area contributed by atoms with E-state index in [2.05, 4.69) is 31.0 Å². The fourth-order valence-corrected chi connectivity index (χ4v) is 3.87. The van der Waals surface area contributed by atoms with Crippen LogP contribution in [0.5, 0.6) is 0 Å². The smallest absolute Gasteiger partial charge is 0.0586 e. The van der Waals surface area contributed by atoms with Crippen LogP contribution in [0.1, 0.15) is 65.7 Å². The van der Waals surface area contributed by atoms with Crippen molar-refractivity contribution >= 4 is 0 Å². The summed E-state index contributed by atoms with van der Waals surface area (Å²) in [6.07, 6.45) is 9.23. The number of aliphatic hydroxyl groups is 1. The fourth-order valence-electron chi connectivity index (χ4n) is 3.87. The Bertz CT molecular complexity index is 292. The standard InChI is InChI=1S/C17H34N2O/c1-16(2,3)18-13-17(9-5-6-10-17)14-19-11-7-4-8-15(19)12-20/h15,18,20H,4-14H2,1-3H3. The van der Waals surface area contributed by atoms with Crippen molar-refractivity contribution in [2.24, 2.45) is 5.41 Å². The van der Waals surface area contributed by atoms with Crippen LogP contribution in [0.3, 0.4) is 0 Å². The van der Waals surface area contributed by atoms with Gasteiger partial charge in [0, 0.05) is 24.7 Å². The molecule has 0 radical (unpaired) electrons. The van der Waals surface area contributed by atoms with Crippen LogP contribution in [0.25, 0.3) is 0 Å². The Hall–Kier alpha value is -0.120. The molecule has 1 heterocycles. The quantitative estimate of drug-likeness (QED) is 0.814.